The Labute approximate surface area is 135 Å². The largest absolute Gasteiger partial charge is 0.489 e. The van der Waals surface area contributed by atoms with E-state index in [0.29, 0.717) is 23.3 Å². The highest BCUT2D eigenvalue weighted by Gasteiger charge is 2.32. The van der Waals surface area contributed by atoms with Crippen LogP contribution in [0.1, 0.15) is 45.6 Å². The lowest BCUT2D eigenvalue weighted by Crippen LogP contribution is -2.36. The van der Waals surface area contributed by atoms with E-state index in [4.69, 9.17) is 15.9 Å². The summed E-state index contributed by atoms with van der Waals surface area (Å²) in [6.45, 7) is 6.83. The van der Waals surface area contributed by atoms with Gasteiger partial charge in [-0.3, -0.25) is 5.41 Å². The molecule has 1 aromatic rings. The molecular formula is C17H25BrN2O. The predicted octanol–water partition coefficient (Wildman–Crippen LogP) is 4.57. The number of ether oxygens (including phenoxy) is 1. The average Bonchev–Trinajstić information content (AvgIpc) is 2.40. The zero-order chi connectivity index (χ0) is 15.6. The zero-order valence-electron chi connectivity index (χ0n) is 13.0. The van der Waals surface area contributed by atoms with E-state index in [1.165, 1.54) is 12.8 Å². The smallest absolute Gasteiger partial charge is 0.130 e. The molecule has 0 heterocycles. The van der Waals surface area contributed by atoms with Crippen molar-refractivity contribution in [1.82, 2.24) is 0 Å². The van der Waals surface area contributed by atoms with Gasteiger partial charge in [-0.25, -0.2) is 0 Å². The minimum atomic E-state index is 0.0521. The van der Waals surface area contributed by atoms with Crippen LogP contribution in [0.25, 0.3) is 0 Å². The lowest BCUT2D eigenvalue weighted by Gasteiger charge is -2.37. The molecule has 1 aliphatic carbocycles. The second-order valence-corrected chi connectivity index (χ2v) is 7.45. The van der Waals surface area contributed by atoms with Gasteiger partial charge in [0.15, 0.2) is 0 Å². The van der Waals surface area contributed by atoms with Crippen LogP contribution < -0.4 is 10.5 Å². The quantitative estimate of drug-likeness (QED) is 0.615. The van der Waals surface area contributed by atoms with Crippen molar-refractivity contribution >= 4 is 21.8 Å². The number of hydrogen-bond donors (Lipinski definition) is 2. The molecule has 2 rings (SSSR count). The highest BCUT2D eigenvalue weighted by Crippen LogP contribution is 2.37. The van der Waals surface area contributed by atoms with Gasteiger partial charge in [-0.05, 0) is 48.8 Å². The first kappa shape index (κ1) is 16.3. The number of rotatable bonds is 4. The molecule has 3 nitrogen and oxygen atoms in total. The van der Waals surface area contributed by atoms with Gasteiger partial charge >= 0.3 is 0 Å². The van der Waals surface area contributed by atoms with Gasteiger partial charge < -0.3 is 10.5 Å². The van der Waals surface area contributed by atoms with Crippen molar-refractivity contribution in [3.05, 3.63) is 28.2 Å². The summed E-state index contributed by atoms with van der Waals surface area (Å²) >= 11 is 3.43. The molecule has 0 aliphatic heterocycles. The molecule has 116 valence electrons. The number of amidine groups is 1. The second-order valence-electron chi connectivity index (χ2n) is 6.54. The van der Waals surface area contributed by atoms with Gasteiger partial charge in [0, 0.05) is 4.47 Å². The topological polar surface area (TPSA) is 59.1 Å². The fourth-order valence-electron chi connectivity index (χ4n) is 3.23. The molecule has 0 spiro atoms. The first-order valence-corrected chi connectivity index (χ1v) is 8.48. The van der Waals surface area contributed by atoms with E-state index in [1.54, 1.807) is 0 Å². The van der Waals surface area contributed by atoms with Crippen molar-refractivity contribution in [2.24, 2.45) is 23.5 Å². The Bertz CT molecular complexity index is 516. The summed E-state index contributed by atoms with van der Waals surface area (Å²) in [5.74, 6) is 2.66. The summed E-state index contributed by atoms with van der Waals surface area (Å²) in [7, 11) is 0. The van der Waals surface area contributed by atoms with Gasteiger partial charge in [-0.1, -0.05) is 43.1 Å². The summed E-state index contributed by atoms with van der Waals surface area (Å²) in [5.41, 5.74) is 6.36. The van der Waals surface area contributed by atoms with Gasteiger partial charge in [-0.15, -0.1) is 0 Å². The average molecular weight is 353 g/mol. The Hall–Kier alpha value is -1.03. The van der Waals surface area contributed by atoms with E-state index in [2.05, 4.69) is 36.7 Å². The van der Waals surface area contributed by atoms with Crippen LogP contribution in [0.15, 0.2) is 22.7 Å². The minimum Gasteiger partial charge on any atom is -0.489 e. The number of benzene rings is 1. The van der Waals surface area contributed by atoms with Gasteiger partial charge in [0.05, 0.1) is 5.56 Å². The van der Waals surface area contributed by atoms with Crippen molar-refractivity contribution < 1.29 is 4.74 Å². The number of halogens is 1. The normalized spacial score (nSPS) is 25.9. The van der Waals surface area contributed by atoms with E-state index >= 15 is 0 Å². The Morgan fingerprint density at radius 2 is 2.10 bits per heavy atom. The molecule has 0 saturated heterocycles. The van der Waals surface area contributed by atoms with Crippen molar-refractivity contribution in [3.8, 4) is 5.75 Å². The molecule has 0 amide bonds. The molecule has 3 N–H and O–H groups in total. The van der Waals surface area contributed by atoms with Gasteiger partial charge in [0.1, 0.15) is 17.7 Å². The predicted molar refractivity (Wildman–Crippen MR) is 90.9 cm³/mol. The fraction of sp³-hybridized carbons (Fsp3) is 0.588. The molecule has 3 atom stereocenters. The highest BCUT2D eigenvalue weighted by molar-refractivity contribution is 9.10. The molecule has 1 aliphatic rings. The first-order valence-electron chi connectivity index (χ1n) is 7.69. The van der Waals surface area contributed by atoms with Crippen LogP contribution in [0.4, 0.5) is 0 Å². The van der Waals surface area contributed by atoms with Crippen LogP contribution in [0.3, 0.4) is 0 Å². The number of nitrogens with two attached hydrogens (primary N) is 1. The Kier molecular flexibility index (Phi) is 5.31. The van der Waals surface area contributed by atoms with Crippen molar-refractivity contribution in [3.63, 3.8) is 0 Å². The molecule has 1 aromatic carbocycles. The Morgan fingerprint density at radius 3 is 2.71 bits per heavy atom. The maximum absolute atomic E-state index is 7.74. The third-order valence-corrected chi connectivity index (χ3v) is 4.96. The molecule has 21 heavy (non-hydrogen) atoms. The molecule has 0 radical (unpaired) electrons. The molecule has 1 saturated carbocycles. The standard InChI is InChI=1S/C17H25BrN2O/c1-10(2)13-6-4-11(3)8-16(13)21-15-7-5-12(18)9-14(15)17(19)20/h5,7,9-11,13,16H,4,6,8H2,1-3H3,(H3,19,20). The van der Waals surface area contributed by atoms with Crippen LogP contribution >= 0.6 is 15.9 Å². The van der Waals surface area contributed by atoms with Gasteiger partial charge in [0.2, 0.25) is 0 Å². The van der Waals surface area contributed by atoms with E-state index in [0.717, 1.165) is 16.6 Å². The highest BCUT2D eigenvalue weighted by atomic mass is 79.9. The van der Waals surface area contributed by atoms with Crippen molar-refractivity contribution in [2.45, 2.75) is 46.1 Å². The van der Waals surface area contributed by atoms with E-state index in [1.807, 2.05) is 18.2 Å². The molecule has 1 fully saturated rings. The van der Waals surface area contributed by atoms with Crippen LogP contribution in [0, 0.1) is 23.2 Å². The lowest BCUT2D eigenvalue weighted by atomic mass is 9.75. The number of nitrogen functional groups attached to an aromatic ring is 1. The third-order valence-electron chi connectivity index (χ3n) is 4.47. The van der Waals surface area contributed by atoms with E-state index < -0.39 is 0 Å². The SMILES string of the molecule is CC1CCC(C(C)C)C(Oc2ccc(Br)cc2C(=N)N)C1. The minimum absolute atomic E-state index is 0.0521. The first-order chi connectivity index (χ1) is 9.88. The monoisotopic (exact) mass is 352 g/mol. The Morgan fingerprint density at radius 1 is 1.38 bits per heavy atom. The van der Waals surface area contributed by atoms with Crippen LogP contribution in [-0.2, 0) is 0 Å². The maximum Gasteiger partial charge on any atom is 0.130 e. The van der Waals surface area contributed by atoms with Crippen LogP contribution in [0.5, 0.6) is 5.75 Å². The third kappa shape index (κ3) is 4.00. The summed E-state index contributed by atoms with van der Waals surface area (Å²) in [5, 5.41) is 7.74. The summed E-state index contributed by atoms with van der Waals surface area (Å²) in [6, 6.07) is 5.71. The fourth-order valence-corrected chi connectivity index (χ4v) is 3.59. The van der Waals surface area contributed by atoms with Crippen LogP contribution in [-0.4, -0.2) is 11.9 Å². The maximum atomic E-state index is 7.74. The molecule has 0 aromatic heterocycles. The van der Waals surface area contributed by atoms with Crippen molar-refractivity contribution in [1.29, 1.82) is 5.41 Å². The lowest BCUT2D eigenvalue weighted by molar-refractivity contribution is 0.0459. The van der Waals surface area contributed by atoms with E-state index in [-0.39, 0.29) is 11.9 Å². The molecule has 4 heteroatoms. The molecule has 3 unspecified atom stereocenters. The molecule has 0 bridgehead atoms. The molecular weight excluding hydrogens is 328 g/mol. The van der Waals surface area contributed by atoms with Gasteiger partial charge in [-0.2, -0.15) is 0 Å². The summed E-state index contributed by atoms with van der Waals surface area (Å²) < 4.78 is 7.22. The van der Waals surface area contributed by atoms with Gasteiger partial charge in [0.25, 0.3) is 0 Å². The van der Waals surface area contributed by atoms with Crippen molar-refractivity contribution in [2.75, 3.05) is 0 Å². The van der Waals surface area contributed by atoms with E-state index in [9.17, 15) is 0 Å². The number of hydrogen-bond acceptors (Lipinski definition) is 2. The summed E-state index contributed by atoms with van der Waals surface area (Å²) in [6.07, 6.45) is 3.79. The Balaban J connectivity index is 2.24. The second kappa shape index (κ2) is 6.82. The van der Waals surface area contributed by atoms with Crippen LogP contribution in [0.2, 0.25) is 0 Å². The number of nitrogens with one attached hydrogen (secondary N) is 1. The summed E-state index contributed by atoms with van der Waals surface area (Å²) in [4.78, 5) is 0. The zero-order valence-corrected chi connectivity index (χ0v) is 14.6.